The van der Waals surface area contributed by atoms with E-state index in [1.807, 2.05) is 0 Å². The van der Waals surface area contributed by atoms with E-state index in [2.05, 4.69) is 41.4 Å². The Bertz CT molecular complexity index is 656. The lowest BCUT2D eigenvalue weighted by atomic mass is 9.89. The van der Waals surface area contributed by atoms with Crippen LogP contribution in [0.25, 0.3) is 11.0 Å². The van der Waals surface area contributed by atoms with E-state index in [0.717, 1.165) is 36.2 Å². The highest BCUT2D eigenvalue weighted by molar-refractivity contribution is 6.16. The molecule has 0 radical (unpaired) electrons. The van der Waals surface area contributed by atoms with Crippen molar-refractivity contribution < 1.29 is 0 Å². The Kier molecular flexibility index (Phi) is 5.19. The normalized spacial score (nSPS) is 14.0. The van der Waals surface area contributed by atoms with E-state index < -0.39 is 0 Å². The minimum Gasteiger partial charge on any atom is -0.325 e. The van der Waals surface area contributed by atoms with Crippen LogP contribution in [0.3, 0.4) is 0 Å². The van der Waals surface area contributed by atoms with Crippen LogP contribution in [0.1, 0.15) is 45.1 Å². The average Bonchev–Trinajstić information content (AvgIpc) is 2.88. The molecule has 5 heteroatoms. The topological polar surface area (TPSA) is 54.5 Å². The van der Waals surface area contributed by atoms with Crippen molar-refractivity contribution >= 4 is 22.6 Å². The van der Waals surface area contributed by atoms with E-state index >= 15 is 0 Å². The fraction of sp³-hybridized carbons (Fsp3) is 0.562. The second-order valence-electron chi connectivity index (χ2n) is 5.50. The minimum atomic E-state index is 0.369. The number of hydrogen-bond donors (Lipinski definition) is 0. The first-order chi connectivity index (χ1) is 10.1. The molecule has 0 aromatic carbocycles. The highest BCUT2D eigenvalue weighted by Gasteiger charge is 2.18. The maximum absolute atomic E-state index is 8.95. The van der Waals surface area contributed by atoms with E-state index in [1.165, 1.54) is 0 Å². The van der Waals surface area contributed by atoms with Crippen LogP contribution in [0.15, 0.2) is 12.3 Å². The Labute approximate surface area is 130 Å². The Morgan fingerprint density at radius 2 is 2.14 bits per heavy atom. The molecule has 1 unspecified atom stereocenters. The summed E-state index contributed by atoms with van der Waals surface area (Å²) < 4.78 is 2.16. The molecule has 2 atom stereocenters. The number of alkyl halides is 1. The van der Waals surface area contributed by atoms with Crippen LogP contribution in [0.4, 0.5) is 0 Å². The quantitative estimate of drug-likeness (QED) is 0.754. The number of nitrogens with zero attached hydrogens (tertiary/aromatic N) is 4. The van der Waals surface area contributed by atoms with E-state index in [4.69, 9.17) is 16.9 Å². The van der Waals surface area contributed by atoms with Crippen molar-refractivity contribution in [1.29, 1.82) is 5.26 Å². The smallest absolute Gasteiger partial charge is 0.142 e. The number of nitriles is 1. The van der Waals surface area contributed by atoms with Crippen molar-refractivity contribution in [2.24, 2.45) is 11.8 Å². The van der Waals surface area contributed by atoms with Gasteiger partial charge in [-0.15, -0.1) is 11.6 Å². The summed E-state index contributed by atoms with van der Waals surface area (Å²) in [6.45, 7) is 7.64. The van der Waals surface area contributed by atoms with Crippen LogP contribution in [-0.4, -0.2) is 14.5 Å². The summed E-state index contributed by atoms with van der Waals surface area (Å²) in [7, 11) is 0. The van der Waals surface area contributed by atoms with E-state index in [0.29, 0.717) is 23.4 Å². The van der Waals surface area contributed by atoms with Crippen LogP contribution < -0.4 is 0 Å². The number of imidazole rings is 1. The third-order valence-corrected chi connectivity index (χ3v) is 4.58. The van der Waals surface area contributed by atoms with Crippen LogP contribution >= 0.6 is 11.6 Å². The minimum absolute atomic E-state index is 0.369. The number of hydrogen-bond acceptors (Lipinski definition) is 3. The van der Waals surface area contributed by atoms with Gasteiger partial charge in [-0.1, -0.05) is 33.6 Å². The number of halogens is 1. The van der Waals surface area contributed by atoms with Gasteiger partial charge in [-0.3, -0.25) is 0 Å². The maximum Gasteiger partial charge on any atom is 0.142 e. The molecule has 0 fully saturated rings. The molecule has 2 aromatic heterocycles. The highest BCUT2D eigenvalue weighted by atomic mass is 35.5. The van der Waals surface area contributed by atoms with Crippen LogP contribution in [0.2, 0.25) is 0 Å². The second-order valence-corrected chi connectivity index (χ2v) is 5.76. The lowest BCUT2D eigenvalue weighted by molar-refractivity contribution is 0.298. The van der Waals surface area contributed by atoms with Gasteiger partial charge in [-0.05, 0) is 11.8 Å². The molecule has 0 aliphatic rings. The number of fused-ring (bicyclic) bond motifs is 1. The molecular formula is C16H21ClN4. The first kappa shape index (κ1) is 15.8. The van der Waals surface area contributed by atoms with Crippen molar-refractivity contribution in [1.82, 2.24) is 14.5 Å². The van der Waals surface area contributed by atoms with Gasteiger partial charge in [0.05, 0.1) is 23.1 Å². The van der Waals surface area contributed by atoms with Crippen LogP contribution in [-0.2, 0) is 12.4 Å². The Morgan fingerprint density at radius 3 is 2.71 bits per heavy atom. The summed E-state index contributed by atoms with van der Waals surface area (Å²) in [5, 5.41) is 8.95. The van der Waals surface area contributed by atoms with Gasteiger partial charge in [-0.25, -0.2) is 9.97 Å². The molecule has 0 aliphatic carbocycles. The van der Waals surface area contributed by atoms with Crippen molar-refractivity contribution in [2.45, 2.75) is 46.0 Å². The SMILES string of the molecule is CCC(C)[C@@H](CC)Cn1c(CCl)nc2cc(C#N)ncc21. The van der Waals surface area contributed by atoms with Gasteiger partial charge in [0.1, 0.15) is 17.6 Å². The van der Waals surface area contributed by atoms with E-state index in [9.17, 15) is 0 Å². The van der Waals surface area contributed by atoms with Gasteiger partial charge in [0.15, 0.2) is 0 Å². The van der Waals surface area contributed by atoms with Gasteiger partial charge in [-0.2, -0.15) is 5.26 Å². The summed E-state index contributed by atoms with van der Waals surface area (Å²) in [5.74, 6) is 2.46. The molecule has 112 valence electrons. The van der Waals surface area contributed by atoms with Gasteiger partial charge in [0.25, 0.3) is 0 Å². The summed E-state index contributed by atoms with van der Waals surface area (Å²) in [6.07, 6.45) is 4.03. The standard InChI is InChI=1S/C16H21ClN4/c1-4-11(3)12(5-2)10-21-15-9-19-13(8-18)6-14(15)20-16(21)7-17/h6,9,11-12H,4-5,7,10H2,1-3H3/t11?,12-/m0/s1. The fourth-order valence-corrected chi connectivity index (χ4v) is 2.92. The Hall–Kier alpha value is -1.60. The molecule has 0 bridgehead atoms. The zero-order valence-electron chi connectivity index (χ0n) is 12.8. The van der Waals surface area contributed by atoms with E-state index in [-0.39, 0.29) is 0 Å². The average molecular weight is 305 g/mol. The monoisotopic (exact) mass is 304 g/mol. The van der Waals surface area contributed by atoms with Gasteiger partial charge in [0.2, 0.25) is 0 Å². The predicted molar refractivity (Wildman–Crippen MR) is 85.0 cm³/mol. The zero-order valence-corrected chi connectivity index (χ0v) is 13.6. The molecule has 2 heterocycles. The summed E-state index contributed by atoms with van der Waals surface area (Å²) in [6, 6.07) is 3.78. The summed E-state index contributed by atoms with van der Waals surface area (Å²) >= 11 is 6.05. The molecular weight excluding hydrogens is 284 g/mol. The first-order valence-electron chi connectivity index (χ1n) is 7.45. The third-order valence-electron chi connectivity index (χ3n) is 4.34. The largest absolute Gasteiger partial charge is 0.325 e. The Balaban J connectivity index is 2.44. The first-order valence-corrected chi connectivity index (χ1v) is 7.99. The zero-order chi connectivity index (χ0) is 15.4. The third kappa shape index (κ3) is 3.19. The van der Waals surface area contributed by atoms with Crippen LogP contribution in [0, 0.1) is 23.2 Å². The predicted octanol–water partition coefficient (Wildman–Crippen LogP) is 4.11. The summed E-state index contributed by atoms with van der Waals surface area (Å²) in [4.78, 5) is 8.72. The van der Waals surface area contributed by atoms with Crippen molar-refractivity contribution in [3.63, 3.8) is 0 Å². The molecule has 2 aromatic rings. The molecule has 0 N–H and O–H groups in total. The van der Waals surface area contributed by atoms with E-state index in [1.54, 1.807) is 12.3 Å². The lowest BCUT2D eigenvalue weighted by Crippen LogP contribution is -2.18. The molecule has 0 saturated heterocycles. The summed E-state index contributed by atoms with van der Waals surface area (Å²) in [5.41, 5.74) is 2.16. The number of aromatic nitrogens is 3. The molecule has 0 spiro atoms. The molecule has 2 rings (SSSR count). The molecule has 0 amide bonds. The lowest BCUT2D eigenvalue weighted by Gasteiger charge is -2.23. The van der Waals surface area contributed by atoms with Crippen LogP contribution in [0.5, 0.6) is 0 Å². The van der Waals surface area contributed by atoms with Gasteiger partial charge < -0.3 is 4.57 Å². The number of pyridine rings is 1. The van der Waals surface area contributed by atoms with Crippen molar-refractivity contribution in [3.8, 4) is 6.07 Å². The second kappa shape index (κ2) is 6.91. The fourth-order valence-electron chi connectivity index (χ4n) is 2.72. The Morgan fingerprint density at radius 1 is 1.38 bits per heavy atom. The molecule has 21 heavy (non-hydrogen) atoms. The van der Waals surface area contributed by atoms with Crippen molar-refractivity contribution in [3.05, 3.63) is 23.8 Å². The maximum atomic E-state index is 8.95. The molecule has 0 saturated carbocycles. The highest BCUT2D eigenvalue weighted by Crippen LogP contribution is 2.25. The number of rotatable bonds is 6. The molecule has 4 nitrogen and oxygen atoms in total. The van der Waals surface area contributed by atoms with Gasteiger partial charge >= 0.3 is 0 Å². The van der Waals surface area contributed by atoms with Gasteiger partial charge in [0, 0.05) is 12.6 Å². The van der Waals surface area contributed by atoms with Crippen molar-refractivity contribution in [2.75, 3.05) is 0 Å². The molecule has 0 aliphatic heterocycles.